The molecule has 9 nitrogen and oxygen atoms in total. The predicted molar refractivity (Wildman–Crippen MR) is 128 cm³/mol. The number of nitrogens with zero attached hydrogens (tertiary/aromatic N) is 2. The number of amides is 1. The molecule has 0 aromatic heterocycles. The van der Waals surface area contributed by atoms with Gasteiger partial charge in [0.2, 0.25) is 15.9 Å². The summed E-state index contributed by atoms with van der Waals surface area (Å²) in [6, 6.07) is 7.43. The van der Waals surface area contributed by atoms with Crippen LogP contribution in [0.5, 0.6) is 5.75 Å². The number of ether oxygens (including phenoxy) is 1. The maximum Gasteiger partial charge on any atom is 0.271 e. The number of nitro benzene ring substituents is 1. The van der Waals surface area contributed by atoms with Gasteiger partial charge in [0.15, 0.2) is 0 Å². The normalized spacial score (nSPS) is 12.4. The van der Waals surface area contributed by atoms with E-state index in [9.17, 15) is 23.3 Å². The Morgan fingerprint density at radius 3 is 2.27 bits per heavy atom. The number of carbonyl (C=O) groups is 1. The highest BCUT2D eigenvalue weighted by Crippen LogP contribution is 2.32. The van der Waals surface area contributed by atoms with E-state index < -0.39 is 33.4 Å². The average Bonchev–Trinajstić information content (AvgIpc) is 2.70. The molecule has 0 aliphatic rings. The minimum atomic E-state index is -3.88. The first kappa shape index (κ1) is 26.1. The second-order valence-corrected chi connectivity index (χ2v) is 10.3. The molecular formula is C23H31N3O6S. The topological polar surface area (TPSA) is 119 Å². The van der Waals surface area contributed by atoms with Crippen LogP contribution >= 0.6 is 0 Å². The van der Waals surface area contributed by atoms with Gasteiger partial charge < -0.3 is 10.1 Å². The van der Waals surface area contributed by atoms with E-state index in [1.807, 2.05) is 39.8 Å². The van der Waals surface area contributed by atoms with Gasteiger partial charge >= 0.3 is 0 Å². The summed E-state index contributed by atoms with van der Waals surface area (Å²) in [6.45, 7) is 8.96. The molecule has 2 aromatic carbocycles. The fourth-order valence-electron chi connectivity index (χ4n) is 3.67. The van der Waals surface area contributed by atoms with Crippen molar-refractivity contribution >= 4 is 27.3 Å². The van der Waals surface area contributed by atoms with Crippen molar-refractivity contribution in [2.45, 2.75) is 46.6 Å². The maximum atomic E-state index is 12.9. The van der Waals surface area contributed by atoms with Gasteiger partial charge in [0, 0.05) is 12.1 Å². The van der Waals surface area contributed by atoms with E-state index in [1.54, 1.807) is 14.0 Å². The lowest BCUT2D eigenvalue weighted by molar-refractivity contribution is -0.384. The highest BCUT2D eigenvalue weighted by Gasteiger charge is 2.25. The number of carbonyl (C=O) groups excluding carboxylic acids is 1. The predicted octanol–water partition coefficient (Wildman–Crippen LogP) is 3.99. The Kier molecular flexibility index (Phi) is 8.07. The summed E-state index contributed by atoms with van der Waals surface area (Å²) in [7, 11) is -2.27. The molecular weight excluding hydrogens is 446 g/mol. The second-order valence-electron chi connectivity index (χ2n) is 8.39. The van der Waals surface area contributed by atoms with Gasteiger partial charge in [0.05, 0.1) is 30.0 Å². The van der Waals surface area contributed by atoms with Crippen LogP contribution in [0.1, 0.15) is 55.0 Å². The van der Waals surface area contributed by atoms with Gasteiger partial charge in [-0.15, -0.1) is 0 Å². The molecule has 1 unspecified atom stereocenters. The minimum Gasteiger partial charge on any atom is -0.496 e. The first-order chi connectivity index (χ1) is 15.3. The van der Waals surface area contributed by atoms with Gasteiger partial charge in [0.25, 0.3) is 5.69 Å². The standard InChI is InChI=1S/C23H31N3O6S/c1-14(2)19-12-20(16(4)10-22(19)32-6)17(5)24-23(27)13-25(33(7,30)31)21-11-18(26(28)29)9-8-15(21)3/h8-12,14,17H,13H2,1-7H3,(H,24,27). The molecule has 0 saturated carbocycles. The Balaban J connectivity index is 2.34. The zero-order chi connectivity index (χ0) is 25.1. The highest BCUT2D eigenvalue weighted by molar-refractivity contribution is 7.92. The molecule has 1 atom stereocenters. The Labute approximate surface area is 195 Å². The molecule has 10 heteroatoms. The summed E-state index contributed by atoms with van der Waals surface area (Å²) >= 11 is 0. The summed E-state index contributed by atoms with van der Waals surface area (Å²) in [6.07, 6.45) is 0.963. The Bertz CT molecular complexity index is 1160. The van der Waals surface area contributed by atoms with Crippen LogP contribution < -0.4 is 14.4 Å². The number of methoxy groups -OCH3 is 1. The molecule has 0 spiro atoms. The van der Waals surface area contributed by atoms with Crippen LogP contribution in [0.25, 0.3) is 0 Å². The first-order valence-electron chi connectivity index (χ1n) is 10.5. The van der Waals surface area contributed by atoms with E-state index in [-0.39, 0.29) is 17.3 Å². The van der Waals surface area contributed by atoms with Gasteiger partial charge in [-0.05, 0) is 61.1 Å². The minimum absolute atomic E-state index is 0.0947. The van der Waals surface area contributed by atoms with Crippen molar-refractivity contribution < 1.29 is 22.9 Å². The lowest BCUT2D eigenvalue weighted by Crippen LogP contribution is -2.41. The zero-order valence-corrected chi connectivity index (χ0v) is 20.8. The molecule has 180 valence electrons. The van der Waals surface area contributed by atoms with E-state index in [1.165, 1.54) is 12.1 Å². The summed E-state index contributed by atoms with van der Waals surface area (Å²) in [5.41, 5.74) is 3.16. The van der Waals surface area contributed by atoms with E-state index in [0.29, 0.717) is 5.56 Å². The molecule has 0 saturated heterocycles. The molecule has 0 aliphatic heterocycles. The number of non-ortho nitro benzene ring substituents is 1. The molecule has 0 radical (unpaired) electrons. The Morgan fingerprint density at radius 1 is 1.12 bits per heavy atom. The molecule has 33 heavy (non-hydrogen) atoms. The Hall–Kier alpha value is -3.14. The number of aryl methyl sites for hydroxylation is 2. The van der Waals surface area contributed by atoms with Crippen LogP contribution in [0.3, 0.4) is 0 Å². The second kappa shape index (κ2) is 10.2. The van der Waals surface area contributed by atoms with E-state index in [4.69, 9.17) is 4.74 Å². The monoisotopic (exact) mass is 477 g/mol. The number of sulfonamides is 1. The lowest BCUT2D eigenvalue weighted by atomic mass is 9.93. The highest BCUT2D eigenvalue weighted by atomic mass is 32.2. The van der Waals surface area contributed by atoms with Gasteiger partial charge in [0.1, 0.15) is 12.3 Å². The van der Waals surface area contributed by atoms with Gasteiger partial charge in [-0.1, -0.05) is 19.9 Å². The van der Waals surface area contributed by atoms with Crippen molar-refractivity contribution in [2.24, 2.45) is 0 Å². The fraction of sp³-hybridized carbons (Fsp3) is 0.435. The van der Waals surface area contributed by atoms with Crippen molar-refractivity contribution in [1.29, 1.82) is 0 Å². The number of rotatable bonds is 9. The third-order valence-electron chi connectivity index (χ3n) is 5.44. The zero-order valence-electron chi connectivity index (χ0n) is 20.0. The van der Waals surface area contributed by atoms with Crippen molar-refractivity contribution in [3.63, 3.8) is 0 Å². The van der Waals surface area contributed by atoms with E-state index in [2.05, 4.69) is 5.32 Å². The number of benzene rings is 2. The van der Waals surface area contributed by atoms with Crippen LogP contribution in [0, 0.1) is 24.0 Å². The molecule has 2 aromatic rings. The number of nitro groups is 1. The summed E-state index contributed by atoms with van der Waals surface area (Å²) in [5, 5.41) is 14.0. The number of nitrogens with one attached hydrogen (secondary N) is 1. The van der Waals surface area contributed by atoms with Gasteiger partial charge in [-0.2, -0.15) is 0 Å². The van der Waals surface area contributed by atoms with Crippen molar-refractivity contribution in [1.82, 2.24) is 5.32 Å². The van der Waals surface area contributed by atoms with Crippen molar-refractivity contribution in [3.05, 3.63) is 62.7 Å². The SMILES string of the molecule is COc1cc(C)c(C(C)NC(=O)CN(c2cc([N+](=O)[O-])ccc2C)S(C)(=O)=O)cc1C(C)C. The molecule has 0 aliphatic carbocycles. The third kappa shape index (κ3) is 6.22. The maximum absolute atomic E-state index is 12.9. The molecule has 0 fully saturated rings. The first-order valence-corrected chi connectivity index (χ1v) is 12.3. The molecule has 1 N–H and O–H groups in total. The van der Waals surface area contributed by atoms with Crippen LogP contribution in [0.4, 0.5) is 11.4 Å². The largest absolute Gasteiger partial charge is 0.496 e. The third-order valence-corrected chi connectivity index (χ3v) is 6.57. The summed E-state index contributed by atoms with van der Waals surface area (Å²) in [5.74, 6) is 0.453. The van der Waals surface area contributed by atoms with Crippen LogP contribution in [0.2, 0.25) is 0 Å². The van der Waals surface area contributed by atoms with Gasteiger partial charge in [-0.25, -0.2) is 8.42 Å². The van der Waals surface area contributed by atoms with Crippen molar-refractivity contribution in [3.8, 4) is 5.75 Å². The van der Waals surface area contributed by atoms with Crippen LogP contribution in [-0.4, -0.2) is 39.2 Å². The molecule has 0 bridgehead atoms. The number of hydrogen-bond donors (Lipinski definition) is 1. The molecule has 2 rings (SSSR count). The summed E-state index contributed by atoms with van der Waals surface area (Å²) < 4.78 is 31.3. The summed E-state index contributed by atoms with van der Waals surface area (Å²) in [4.78, 5) is 23.4. The van der Waals surface area contributed by atoms with Crippen LogP contribution in [-0.2, 0) is 14.8 Å². The fourth-order valence-corrected chi connectivity index (χ4v) is 4.57. The lowest BCUT2D eigenvalue weighted by Gasteiger charge is -2.25. The van der Waals surface area contributed by atoms with Crippen molar-refractivity contribution in [2.75, 3.05) is 24.2 Å². The number of hydrogen-bond acceptors (Lipinski definition) is 6. The molecule has 0 heterocycles. The Morgan fingerprint density at radius 2 is 1.76 bits per heavy atom. The quantitative estimate of drug-likeness (QED) is 0.431. The van der Waals surface area contributed by atoms with E-state index in [0.717, 1.165) is 39.1 Å². The number of anilines is 1. The van der Waals surface area contributed by atoms with Crippen LogP contribution in [0.15, 0.2) is 30.3 Å². The smallest absolute Gasteiger partial charge is 0.271 e. The van der Waals surface area contributed by atoms with E-state index >= 15 is 0 Å². The molecule has 1 amide bonds. The van der Waals surface area contributed by atoms with Gasteiger partial charge in [-0.3, -0.25) is 19.2 Å². The average molecular weight is 478 g/mol.